The second-order valence-corrected chi connectivity index (χ2v) is 5.69. The molecule has 2 rings (SSSR count). The van der Waals surface area contributed by atoms with Crippen molar-refractivity contribution in [1.82, 2.24) is 15.3 Å². The van der Waals surface area contributed by atoms with Gasteiger partial charge in [0.05, 0.1) is 0 Å². The highest BCUT2D eigenvalue weighted by Crippen LogP contribution is 2.26. The molecule has 116 valence electrons. The standard InChI is InChI=1S/C15H25N5O/c1-4-13-18-14(16)10(2)15(19-13)20-7-5-12(6-8-20)9-17-11(3)21/h12H,4-9H2,1-3H3,(H,17,21)(H2,16,18,19). The van der Waals surface area contributed by atoms with E-state index in [-0.39, 0.29) is 5.91 Å². The topological polar surface area (TPSA) is 84.1 Å². The SMILES string of the molecule is CCc1nc(N)c(C)c(N2CCC(CNC(C)=O)CC2)n1. The largest absolute Gasteiger partial charge is 0.383 e. The predicted molar refractivity (Wildman–Crippen MR) is 84.2 cm³/mol. The van der Waals surface area contributed by atoms with Crippen LogP contribution in [0.25, 0.3) is 0 Å². The van der Waals surface area contributed by atoms with E-state index in [4.69, 9.17) is 5.73 Å². The van der Waals surface area contributed by atoms with Crippen LogP contribution in [-0.2, 0) is 11.2 Å². The maximum absolute atomic E-state index is 11.0. The smallest absolute Gasteiger partial charge is 0.216 e. The number of amides is 1. The second-order valence-electron chi connectivity index (χ2n) is 5.69. The Labute approximate surface area is 126 Å². The van der Waals surface area contributed by atoms with Crippen LogP contribution < -0.4 is 16.0 Å². The Morgan fingerprint density at radius 2 is 2.05 bits per heavy atom. The molecule has 6 heteroatoms. The minimum atomic E-state index is 0.0458. The van der Waals surface area contributed by atoms with E-state index in [0.29, 0.717) is 11.7 Å². The maximum atomic E-state index is 11.0. The van der Waals surface area contributed by atoms with Crippen molar-refractivity contribution in [3.8, 4) is 0 Å². The van der Waals surface area contributed by atoms with E-state index in [0.717, 1.165) is 56.1 Å². The van der Waals surface area contributed by atoms with Crippen LogP contribution in [0.5, 0.6) is 0 Å². The molecule has 1 aromatic heterocycles. The van der Waals surface area contributed by atoms with Crippen molar-refractivity contribution in [3.05, 3.63) is 11.4 Å². The molecule has 2 heterocycles. The molecule has 0 radical (unpaired) electrons. The number of carbonyl (C=O) groups is 1. The fourth-order valence-electron chi connectivity index (χ4n) is 2.67. The summed E-state index contributed by atoms with van der Waals surface area (Å²) in [5, 5.41) is 2.91. The summed E-state index contributed by atoms with van der Waals surface area (Å²) in [7, 11) is 0. The highest BCUT2D eigenvalue weighted by atomic mass is 16.1. The van der Waals surface area contributed by atoms with Crippen LogP contribution in [0.15, 0.2) is 0 Å². The first-order valence-corrected chi connectivity index (χ1v) is 7.63. The first-order valence-electron chi connectivity index (χ1n) is 7.63. The number of hydrogen-bond donors (Lipinski definition) is 2. The molecular formula is C15H25N5O. The Kier molecular flexibility index (Phi) is 4.98. The fourth-order valence-corrected chi connectivity index (χ4v) is 2.67. The third-order valence-electron chi connectivity index (χ3n) is 4.07. The van der Waals surface area contributed by atoms with Gasteiger partial charge in [0.15, 0.2) is 0 Å². The van der Waals surface area contributed by atoms with Crippen LogP contribution in [-0.4, -0.2) is 35.5 Å². The Hall–Kier alpha value is -1.85. The molecule has 0 spiro atoms. The third kappa shape index (κ3) is 3.83. The summed E-state index contributed by atoms with van der Waals surface area (Å²) in [4.78, 5) is 22.2. The molecular weight excluding hydrogens is 266 g/mol. The Morgan fingerprint density at radius 3 is 2.62 bits per heavy atom. The minimum Gasteiger partial charge on any atom is -0.383 e. The zero-order chi connectivity index (χ0) is 15.4. The van der Waals surface area contributed by atoms with Gasteiger partial charge in [-0.05, 0) is 25.7 Å². The lowest BCUT2D eigenvalue weighted by atomic mass is 9.96. The van der Waals surface area contributed by atoms with Gasteiger partial charge in [-0.3, -0.25) is 4.79 Å². The van der Waals surface area contributed by atoms with Gasteiger partial charge in [0.1, 0.15) is 17.5 Å². The van der Waals surface area contributed by atoms with Crippen LogP contribution in [0.1, 0.15) is 38.1 Å². The number of piperidine rings is 1. The number of anilines is 2. The normalized spacial score (nSPS) is 16.0. The molecule has 0 aliphatic carbocycles. The molecule has 0 aromatic carbocycles. The molecule has 1 saturated heterocycles. The lowest BCUT2D eigenvalue weighted by Crippen LogP contribution is -2.39. The van der Waals surface area contributed by atoms with Crippen molar-refractivity contribution in [2.45, 2.75) is 40.0 Å². The van der Waals surface area contributed by atoms with Gasteiger partial charge < -0.3 is 16.0 Å². The van der Waals surface area contributed by atoms with Gasteiger partial charge in [0.25, 0.3) is 0 Å². The molecule has 1 amide bonds. The van der Waals surface area contributed by atoms with Crippen molar-refractivity contribution in [3.63, 3.8) is 0 Å². The fraction of sp³-hybridized carbons (Fsp3) is 0.667. The number of nitrogens with one attached hydrogen (secondary N) is 1. The highest BCUT2D eigenvalue weighted by Gasteiger charge is 2.22. The molecule has 1 fully saturated rings. The quantitative estimate of drug-likeness (QED) is 0.873. The number of hydrogen-bond acceptors (Lipinski definition) is 5. The van der Waals surface area contributed by atoms with Crippen LogP contribution >= 0.6 is 0 Å². The average Bonchev–Trinajstić information content (AvgIpc) is 2.48. The second kappa shape index (κ2) is 6.74. The monoisotopic (exact) mass is 291 g/mol. The summed E-state index contributed by atoms with van der Waals surface area (Å²) in [5.41, 5.74) is 6.95. The average molecular weight is 291 g/mol. The van der Waals surface area contributed by atoms with Crippen LogP contribution in [0.4, 0.5) is 11.6 Å². The maximum Gasteiger partial charge on any atom is 0.216 e. The van der Waals surface area contributed by atoms with Crippen molar-refractivity contribution in [2.24, 2.45) is 5.92 Å². The zero-order valence-corrected chi connectivity index (χ0v) is 13.1. The molecule has 0 atom stereocenters. The van der Waals surface area contributed by atoms with Crippen LogP contribution in [0.3, 0.4) is 0 Å². The van der Waals surface area contributed by atoms with Gasteiger partial charge >= 0.3 is 0 Å². The Morgan fingerprint density at radius 1 is 1.38 bits per heavy atom. The molecule has 3 N–H and O–H groups in total. The molecule has 0 saturated carbocycles. The van der Waals surface area contributed by atoms with Gasteiger partial charge in [0, 0.05) is 38.5 Å². The van der Waals surface area contributed by atoms with Gasteiger partial charge in [-0.2, -0.15) is 0 Å². The van der Waals surface area contributed by atoms with Crippen LogP contribution in [0.2, 0.25) is 0 Å². The first kappa shape index (κ1) is 15.5. The number of nitrogens with two attached hydrogens (primary N) is 1. The molecule has 1 aliphatic rings. The lowest BCUT2D eigenvalue weighted by Gasteiger charge is -2.33. The summed E-state index contributed by atoms with van der Waals surface area (Å²) in [5.74, 6) is 2.95. The summed E-state index contributed by atoms with van der Waals surface area (Å²) < 4.78 is 0. The molecule has 1 aromatic rings. The molecule has 0 unspecified atom stereocenters. The third-order valence-corrected chi connectivity index (χ3v) is 4.07. The van der Waals surface area contributed by atoms with E-state index >= 15 is 0 Å². The summed E-state index contributed by atoms with van der Waals surface area (Å²) in [6, 6.07) is 0. The zero-order valence-electron chi connectivity index (χ0n) is 13.1. The number of nitrogen functional groups attached to an aromatic ring is 1. The van der Waals surface area contributed by atoms with E-state index < -0.39 is 0 Å². The summed E-state index contributed by atoms with van der Waals surface area (Å²) >= 11 is 0. The number of carbonyl (C=O) groups excluding carboxylic acids is 1. The lowest BCUT2D eigenvalue weighted by molar-refractivity contribution is -0.119. The van der Waals surface area contributed by atoms with E-state index in [1.807, 2.05) is 13.8 Å². The predicted octanol–water partition coefficient (Wildman–Crippen LogP) is 1.28. The van der Waals surface area contributed by atoms with Crippen molar-refractivity contribution in [1.29, 1.82) is 0 Å². The van der Waals surface area contributed by atoms with E-state index in [1.54, 1.807) is 6.92 Å². The molecule has 0 bridgehead atoms. The van der Waals surface area contributed by atoms with E-state index in [1.165, 1.54) is 0 Å². The number of nitrogens with zero attached hydrogens (tertiary/aromatic N) is 3. The van der Waals surface area contributed by atoms with Gasteiger partial charge in [0.2, 0.25) is 5.91 Å². The summed E-state index contributed by atoms with van der Waals surface area (Å²) in [6.07, 6.45) is 2.91. The molecule has 6 nitrogen and oxygen atoms in total. The van der Waals surface area contributed by atoms with E-state index in [2.05, 4.69) is 20.2 Å². The van der Waals surface area contributed by atoms with Gasteiger partial charge in [-0.1, -0.05) is 6.92 Å². The first-order chi connectivity index (χ1) is 10.0. The summed E-state index contributed by atoms with van der Waals surface area (Å²) in [6.45, 7) is 8.25. The van der Waals surface area contributed by atoms with Gasteiger partial charge in [-0.25, -0.2) is 9.97 Å². The van der Waals surface area contributed by atoms with Crippen LogP contribution in [0, 0.1) is 12.8 Å². The molecule has 21 heavy (non-hydrogen) atoms. The van der Waals surface area contributed by atoms with E-state index in [9.17, 15) is 4.79 Å². The minimum absolute atomic E-state index is 0.0458. The number of aryl methyl sites for hydroxylation is 1. The Balaban J connectivity index is 2.02. The van der Waals surface area contributed by atoms with Gasteiger partial charge in [-0.15, -0.1) is 0 Å². The molecule has 1 aliphatic heterocycles. The highest BCUT2D eigenvalue weighted by molar-refractivity contribution is 5.72. The number of aromatic nitrogens is 2. The van der Waals surface area contributed by atoms with Crippen molar-refractivity contribution < 1.29 is 4.79 Å². The van der Waals surface area contributed by atoms with Crippen molar-refractivity contribution >= 4 is 17.5 Å². The van der Waals surface area contributed by atoms with Crippen molar-refractivity contribution in [2.75, 3.05) is 30.3 Å². The Bertz CT molecular complexity index is 509. The number of rotatable bonds is 4.